The van der Waals surface area contributed by atoms with Crippen LogP contribution in [-0.2, 0) is 32.3 Å². The molecule has 4 heterocycles. The first kappa shape index (κ1) is 30.0. The van der Waals surface area contributed by atoms with Crippen molar-refractivity contribution in [3.8, 4) is 0 Å². The number of anilines is 2. The lowest BCUT2D eigenvalue weighted by atomic mass is 10.0. The van der Waals surface area contributed by atoms with Crippen LogP contribution in [0.5, 0.6) is 0 Å². The Kier molecular flexibility index (Phi) is 9.64. The van der Waals surface area contributed by atoms with Crippen LogP contribution in [0.4, 0.5) is 19.7 Å². The first-order chi connectivity index (χ1) is 18.1. The SMILES string of the molecule is Cl.Nc1nc(C(=NOCC(F)F)C(=O)N[C@@H]2C(=O)N3C(C(=O)[O-])=C(C[n+]4ccc(N)n4CCO)CS[C@H]23)ns1. The van der Waals surface area contributed by atoms with Crippen molar-refractivity contribution < 1.29 is 42.9 Å². The molecule has 0 spiro atoms. The number of carbonyl (C=O) groups is 3. The molecule has 4 rings (SSSR count). The number of rotatable bonds is 11. The van der Waals surface area contributed by atoms with Gasteiger partial charge in [-0.1, -0.05) is 5.16 Å². The lowest BCUT2D eigenvalue weighted by Crippen LogP contribution is -2.71. The van der Waals surface area contributed by atoms with E-state index in [-0.39, 0.29) is 54.5 Å². The summed E-state index contributed by atoms with van der Waals surface area (Å²) in [6, 6.07) is 0.421. The Morgan fingerprint density at radius 2 is 2.15 bits per heavy atom. The van der Waals surface area contributed by atoms with E-state index < -0.39 is 47.9 Å². The summed E-state index contributed by atoms with van der Waals surface area (Å²) in [6.45, 7) is -1.07. The van der Waals surface area contributed by atoms with Gasteiger partial charge in [0.05, 0.1) is 24.3 Å². The highest BCUT2D eigenvalue weighted by Crippen LogP contribution is 2.40. The first-order valence-electron chi connectivity index (χ1n) is 10.8. The van der Waals surface area contributed by atoms with Gasteiger partial charge in [0.15, 0.2) is 30.3 Å². The number of fused-ring (bicyclic) bond motifs is 1. The fraction of sp³-hybridized carbons (Fsp3) is 0.421. The smallest absolute Gasteiger partial charge is 0.278 e. The van der Waals surface area contributed by atoms with E-state index in [9.17, 15) is 33.4 Å². The molecule has 20 heteroatoms. The molecule has 2 amide bonds. The Bertz CT molecular complexity index is 1320. The zero-order chi connectivity index (χ0) is 27.6. The Morgan fingerprint density at radius 3 is 2.77 bits per heavy atom. The molecule has 0 bridgehead atoms. The number of carbonyl (C=O) groups excluding carboxylic acids is 3. The van der Waals surface area contributed by atoms with Gasteiger partial charge in [0, 0.05) is 22.9 Å². The number of nitrogens with zero attached hydrogens (tertiary/aromatic N) is 6. The third-order valence-electron chi connectivity index (χ3n) is 5.44. The highest BCUT2D eigenvalue weighted by Gasteiger charge is 2.53. The van der Waals surface area contributed by atoms with Gasteiger partial charge in [-0.3, -0.25) is 14.5 Å². The molecule has 212 valence electrons. The second-order valence-corrected chi connectivity index (χ2v) is 9.76. The van der Waals surface area contributed by atoms with Crippen LogP contribution in [0.25, 0.3) is 0 Å². The van der Waals surface area contributed by atoms with Gasteiger partial charge in [-0.15, -0.1) is 33.5 Å². The number of aliphatic hydroxyl groups is 1. The van der Waals surface area contributed by atoms with Crippen molar-refractivity contribution in [1.82, 2.24) is 24.3 Å². The van der Waals surface area contributed by atoms with Crippen LogP contribution >= 0.6 is 35.7 Å². The van der Waals surface area contributed by atoms with Crippen molar-refractivity contribution in [1.29, 1.82) is 0 Å². The van der Waals surface area contributed by atoms with E-state index in [1.807, 2.05) is 0 Å². The van der Waals surface area contributed by atoms with Crippen LogP contribution in [0.3, 0.4) is 0 Å². The Balaban J connectivity index is 0.00000420. The van der Waals surface area contributed by atoms with Crippen LogP contribution in [-0.4, -0.2) is 84.3 Å². The molecule has 1 saturated heterocycles. The summed E-state index contributed by atoms with van der Waals surface area (Å²) in [4.78, 5) is 47.2. The number of carboxylic acids is 1. The maximum atomic E-state index is 13.0. The van der Waals surface area contributed by atoms with Crippen LogP contribution in [0.2, 0.25) is 0 Å². The summed E-state index contributed by atoms with van der Waals surface area (Å²) in [5, 5.41) is 26.3. The number of halogens is 3. The number of aliphatic carboxylic acids is 1. The van der Waals surface area contributed by atoms with Crippen LogP contribution in [0.1, 0.15) is 5.82 Å². The Hall–Kier alpha value is -3.55. The number of aliphatic hydroxyl groups excluding tert-OH is 1. The lowest BCUT2D eigenvalue weighted by Gasteiger charge is -2.50. The van der Waals surface area contributed by atoms with Crippen molar-refractivity contribution in [2.45, 2.75) is 30.9 Å². The van der Waals surface area contributed by atoms with Crippen LogP contribution < -0.4 is 26.6 Å². The summed E-state index contributed by atoms with van der Waals surface area (Å²) in [7, 11) is 0. The van der Waals surface area contributed by atoms with E-state index in [0.717, 1.165) is 16.4 Å². The molecule has 0 aromatic carbocycles. The highest BCUT2D eigenvalue weighted by molar-refractivity contribution is 8.00. The number of alkyl halides is 2. The van der Waals surface area contributed by atoms with Crippen LogP contribution in [0.15, 0.2) is 28.7 Å². The minimum absolute atomic E-state index is 0. The normalized spacial score (nSPS) is 18.9. The van der Waals surface area contributed by atoms with Crippen LogP contribution in [0, 0.1) is 0 Å². The average molecular weight is 610 g/mol. The number of hydrogen-bond acceptors (Lipinski definition) is 13. The highest BCUT2D eigenvalue weighted by atomic mass is 35.5. The van der Waals surface area contributed by atoms with Gasteiger partial charge in [-0.2, -0.15) is 9.36 Å². The van der Waals surface area contributed by atoms with E-state index >= 15 is 0 Å². The number of hydrogen-bond donors (Lipinski definition) is 4. The van der Waals surface area contributed by atoms with Gasteiger partial charge in [0.25, 0.3) is 18.2 Å². The number of oxime groups is 1. The largest absolute Gasteiger partial charge is 0.543 e. The molecule has 0 unspecified atom stereocenters. The van der Waals surface area contributed by atoms with Crippen molar-refractivity contribution in [3.05, 3.63) is 29.4 Å². The molecular weight excluding hydrogens is 588 g/mol. The van der Waals surface area contributed by atoms with Gasteiger partial charge in [-0.25, -0.2) is 8.78 Å². The quantitative estimate of drug-likeness (QED) is 0.0888. The number of aromatic nitrogens is 4. The number of carboxylic acid groups (broad SMARTS) is 1. The maximum absolute atomic E-state index is 13.0. The summed E-state index contributed by atoms with van der Waals surface area (Å²) in [6.07, 6.45) is -1.25. The van der Waals surface area contributed by atoms with Crippen molar-refractivity contribution in [3.63, 3.8) is 0 Å². The molecule has 2 atom stereocenters. The third-order valence-corrected chi connectivity index (χ3v) is 7.32. The summed E-state index contributed by atoms with van der Waals surface area (Å²) < 4.78 is 31.9. The molecule has 2 aliphatic heterocycles. The van der Waals surface area contributed by atoms with E-state index in [0.29, 0.717) is 11.4 Å². The summed E-state index contributed by atoms with van der Waals surface area (Å²) in [5.74, 6) is -3.09. The van der Waals surface area contributed by atoms with Gasteiger partial charge in [-0.05, 0) is 0 Å². The molecule has 2 aromatic heterocycles. The van der Waals surface area contributed by atoms with Crippen molar-refractivity contribution >= 4 is 70.1 Å². The second-order valence-electron chi connectivity index (χ2n) is 7.87. The van der Waals surface area contributed by atoms with E-state index in [1.165, 1.54) is 11.8 Å². The fourth-order valence-electron chi connectivity index (χ4n) is 3.84. The number of β-lactam (4-membered cyclic amide) rings is 1. The minimum atomic E-state index is -2.86. The predicted molar refractivity (Wildman–Crippen MR) is 133 cm³/mol. The first-order valence-corrected chi connectivity index (χ1v) is 12.7. The molecule has 2 aromatic rings. The minimum Gasteiger partial charge on any atom is -0.543 e. The van der Waals surface area contributed by atoms with Gasteiger partial charge < -0.3 is 36.6 Å². The van der Waals surface area contributed by atoms with Crippen molar-refractivity contribution in [2.75, 3.05) is 30.4 Å². The molecule has 15 nitrogen and oxygen atoms in total. The molecule has 2 aliphatic rings. The number of thioether (sulfide) groups is 1. The number of nitrogen functional groups attached to an aromatic ring is 2. The topological polar surface area (TPSA) is 218 Å². The fourth-order valence-corrected chi connectivity index (χ4v) is 5.61. The molecule has 0 saturated carbocycles. The molecular formula is C19H22ClF2N9O6S2. The standard InChI is InChI=1S/C19H21F2N9O6S2.ClH/c20-9(21)6-36-26-11(14-25-19(23)38-27-14)15(32)24-12-16(33)30-13(18(34)35)8(7-37-17(12)30)5-28-2-1-10(22)29(28)3-4-31;/h1-2,9,12,17,22,31H,3-7H2,(H4,23,24,25,27,32,34,35);1H/t12-,17-;/m1./s1. The summed E-state index contributed by atoms with van der Waals surface area (Å²) in [5.41, 5.74) is 10.9. The molecule has 0 aliphatic carbocycles. The summed E-state index contributed by atoms with van der Waals surface area (Å²) >= 11 is 1.92. The molecule has 0 radical (unpaired) electrons. The molecule has 39 heavy (non-hydrogen) atoms. The predicted octanol–water partition coefficient (Wildman–Crippen LogP) is -2.70. The second kappa shape index (κ2) is 12.5. The van der Waals surface area contributed by atoms with E-state index in [4.69, 9.17) is 11.5 Å². The van der Waals surface area contributed by atoms with E-state index in [2.05, 4.69) is 24.7 Å². The van der Waals surface area contributed by atoms with Gasteiger partial charge >= 0.3 is 0 Å². The van der Waals surface area contributed by atoms with Gasteiger partial charge in [0.1, 0.15) is 18.0 Å². The zero-order valence-electron chi connectivity index (χ0n) is 19.7. The lowest BCUT2D eigenvalue weighted by molar-refractivity contribution is -0.767. The number of amides is 2. The zero-order valence-corrected chi connectivity index (χ0v) is 22.2. The maximum Gasteiger partial charge on any atom is 0.278 e. The monoisotopic (exact) mass is 609 g/mol. The Morgan fingerprint density at radius 1 is 1.41 bits per heavy atom. The van der Waals surface area contributed by atoms with Crippen molar-refractivity contribution in [2.24, 2.45) is 5.16 Å². The number of nitrogens with one attached hydrogen (secondary N) is 1. The average Bonchev–Trinajstić information content (AvgIpc) is 3.45. The van der Waals surface area contributed by atoms with Gasteiger partial charge in [0.2, 0.25) is 11.5 Å². The van der Waals surface area contributed by atoms with E-state index in [1.54, 1.807) is 21.6 Å². The molecule has 6 N–H and O–H groups in total. The number of nitrogens with two attached hydrogens (primary N) is 2. The third kappa shape index (κ3) is 6.21. The molecule has 1 fully saturated rings. The Labute approximate surface area is 233 Å².